The molecular weight excluding hydrogens is 444 g/mol. The van der Waals surface area contributed by atoms with Crippen LogP contribution in [0.25, 0.3) is 0 Å². The standard InChI is InChI=1S/C24H26N2O6S/c1-17-8-13-21(16-18(17)2)33(29,30)26(3)19-9-11-20(12-10-19)32-23(27)7-4-14-25-24(28)22-6-5-15-31-22/h5-6,8-13,15-16H,4,7,14H2,1-3H3,(H,25,28). The molecule has 3 aromatic rings. The van der Waals surface area contributed by atoms with Gasteiger partial charge in [-0.3, -0.25) is 13.9 Å². The lowest BCUT2D eigenvalue weighted by atomic mass is 10.1. The summed E-state index contributed by atoms with van der Waals surface area (Å²) in [5.74, 6) is -0.280. The Balaban J connectivity index is 1.52. The van der Waals surface area contributed by atoms with E-state index in [2.05, 4.69) is 5.32 Å². The number of aryl methyl sites for hydroxylation is 2. The van der Waals surface area contributed by atoms with Crippen molar-refractivity contribution in [3.63, 3.8) is 0 Å². The van der Waals surface area contributed by atoms with Crippen LogP contribution in [0, 0.1) is 13.8 Å². The topological polar surface area (TPSA) is 106 Å². The molecule has 0 bridgehead atoms. The van der Waals surface area contributed by atoms with Gasteiger partial charge in [0, 0.05) is 20.0 Å². The summed E-state index contributed by atoms with van der Waals surface area (Å²) in [5.41, 5.74) is 2.35. The first-order chi connectivity index (χ1) is 15.7. The van der Waals surface area contributed by atoms with E-state index in [0.29, 0.717) is 24.4 Å². The van der Waals surface area contributed by atoms with Crippen LogP contribution in [-0.4, -0.2) is 33.9 Å². The third-order valence-corrected chi connectivity index (χ3v) is 6.94. The van der Waals surface area contributed by atoms with E-state index in [4.69, 9.17) is 9.15 Å². The Morgan fingerprint density at radius 1 is 1.03 bits per heavy atom. The second-order valence-corrected chi connectivity index (χ2v) is 9.49. The van der Waals surface area contributed by atoms with Gasteiger partial charge in [0.2, 0.25) is 0 Å². The van der Waals surface area contributed by atoms with Crippen molar-refractivity contribution >= 4 is 27.6 Å². The molecule has 0 aliphatic heterocycles. The van der Waals surface area contributed by atoms with Gasteiger partial charge in [-0.2, -0.15) is 0 Å². The van der Waals surface area contributed by atoms with E-state index in [0.717, 1.165) is 11.1 Å². The van der Waals surface area contributed by atoms with E-state index in [9.17, 15) is 18.0 Å². The minimum Gasteiger partial charge on any atom is -0.459 e. The summed E-state index contributed by atoms with van der Waals surface area (Å²) in [7, 11) is -2.25. The van der Waals surface area contributed by atoms with Crippen LogP contribution in [-0.2, 0) is 14.8 Å². The number of rotatable bonds is 9. The predicted octanol–water partition coefficient (Wildman–Crippen LogP) is 3.84. The van der Waals surface area contributed by atoms with Crippen molar-refractivity contribution in [2.24, 2.45) is 0 Å². The number of benzene rings is 2. The maximum Gasteiger partial charge on any atom is 0.311 e. The lowest BCUT2D eigenvalue weighted by Crippen LogP contribution is -2.26. The molecule has 0 atom stereocenters. The second kappa shape index (κ2) is 10.4. The van der Waals surface area contributed by atoms with Crippen LogP contribution in [0.15, 0.2) is 70.2 Å². The largest absolute Gasteiger partial charge is 0.459 e. The lowest BCUT2D eigenvalue weighted by molar-refractivity contribution is -0.134. The van der Waals surface area contributed by atoms with E-state index in [1.54, 1.807) is 54.6 Å². The zero-order valence-electron chi connectivity index (χ0n) is 18.7. The number of anilines is 1. The van der Waals surface area contributed by atoms with Crippen LogP contribution in [0.3, 0.4) is 0 Å². The average Bonchev–Trinajstić information content (AvgIpc) is 3.33. The summed E-state index contributed by atoms with van der Waals surface area (Å²) in [4.78, 5) is 24.0. The van der Waals surface area contributed by atoms with Gasteiger partial charge in [-0.1, -0.05) is 6.07 Å². The SMILES string of the molecule is Cc1ccc(S(=O)(=O)N(C)c2ccc(OC(=O)CCCNC(=O)c3ccco3)cc2)cc1C. The third-order valence-electron chi connectivity index (χ3n) is 5.16. The van der Waals surface area contributed by atoms with Gasteiger partial charge in [0.05, 0.1) is 16.8 Å². The number of nitrogens with zero attached hydrogens (tertiary/aromatic N) is 1. The van der Waals surface area contributed by atoms with E-state index in [-0.39, 0.29) is 23.0 Å². The minimum absolute atomic E-state index is 0.112. The van der Waals surface area contributed by atoms with Crippen molar-refractivity contribution in [1.29, 1.82) is 0 Å². The molecule has 0 aliphatic carbocycles. The molecule has 0 saturated heterocycles. The number of carbonyl (C=O) groups is 2. The number of sulfonamides is 1. The number of ether oxygens (including phenoxy) is 1. The predicted molar refractivity (Wildman–Crippen MR) is 124 cm³/mol. The number of esters is 1. The molecule has 0 fully saturated rings. The van der Waals surface area contributed by atoms with Crippen molar-refractivity contribution < 1.29 is 27.2 Å². The van der Waals surface area contributed by atoms with Crippen LogP contribution < -0.4 is 14.4 Å². The Kier molecular flexibility index (Phi) is 7.55. The van der Waals surface area contributed by atoms with E-state index >= 15 is 0 Å². The molecular formula is C24H26N2O6S. The monoisotopic (exact) mass is 470 g/mol. The fourth-order valence-electron chi connectivity index (χ4n) is 3.01. The molecule has 33 heavy (non-hydrogen) atoms. The van der Waals surface area contributed by atoms with Crippen molar-refractivity contribution in [2.75, 3.05) is 17.9 Å². The molecule has 174 valence electrons. The summed E-state index contributed by atoms with van der Waals surface area (Å²) in [5, 5.41) is 2.66. The Bertz CT molecular complexity index is 1220. The number of hydrogen-bond acceptors (Lipinski definition) is 6. The van der Waals surface area contributed by atoms with Gasteiger partial charge in [-0.05, 0) is 79.9 Å². The van der Waals surface area contributed by atoms with Crippen molar-refractivity contribution in [3.8, 4) is 5.75 Å². The zero-order chi connectivity index (χ0) is 24.0. The van der Waals surface area contributed by atoms with Crippen LogP contribution in [0.5, 0.6) is 5.75 Å². The molecule has 1 amide bonds. The van der Waals surface area contributed by atoms with E-state index in [1.165, 1.54) is 17.6 Å². The average molecular weight is 471 g/mol. The van der Waals surface area contributed by atoms with Gasteiger partial charge in [0.1, 0.15) is 5.75 Å². The lowest BCUT2D eigenvalue weighted by Gasteiger charge is -2.20. The van der Waals surface area contributed by atoms with Gasteiger partial charge in [0.25, 0.3) is 15.9 Å². The highest BCUT2D eigenvalue weighted by atomic mass is 32.2. The van der Waals surface area contributed by atoms with E-state index in [1.807, 2.05) is 13.8 Å². The molecule has 1 N–H and O–H groups in total. The summed E-state index contributed by atoms with van der Waals surface area (Å²) in [6.45, 7) is 4.09. The third kappa shape index (κ3) is 6.01. The summed E-state index contributed by atoms with van der Waals surface area (Å²) < 4.78 is 37.3. The smallest absolute Gasteiger partial charge is 0.311 e. The zero-order valence-corrected chi connectivity index (χ0v) is 19.5. The molecule has 0 unspecified atom stereocenters. The van der Waals surface area contributed by atoms with Crippen LogP contribution >= 0.6 is 0 Å². The van der Waals surface area contributed by atoms with Crippen LogP contribution in [0.1, 0.15) is 34.5 Å². The second-order valence-electron chi connectivity index (χ2n) is 7.52. The molecule has 0 spiro atoms. The highest BCUT2D eigenvalue weighted by Gasteiger charge is 2.22. The maximum atomic E-state index is 12.9. The Hall–Kier alpha value is -3.59. The van der Waals surface area contributed by atoms with Gasteiger partial charge in [-0.25, -0.2) is 8.42 Å². The van der Waals surface area contributed by atoms with Gasteiger partial charge in [-0.15, -0.1) is 0 Å². The first-order valence-electron chi connectivity index (χ1n) is 10.4. The van der Waals surface area contributed by atoms with E-state index < -0.39 is 16.0 Å². The molecule has 9 heteroatoms. The maximum absolute atomic E-state index is 12.9. The number of furan rings is 1. The summed E-state index contributed by atoms with van der Waals surface area (Å²) in [6.07, 6.45) is 1.93. The summed E-state index contributed by atoms with van der Waals surface area (Å²) >= 11 is 0. The van der Waals surface area contributed by atoms with Crippen LogP contribution in [0.2, 0.25) is 0 Å². The molecule has 1 heterocycles. The van der Waals surface area contributed by atoms with Crippen LogP contribution in [0.4, 0.5) is 5.69 Å². The molecule has 0 radical (unpaired) electrons. The highest BCUT2D eigenvalue weighted by molar-refractivity contribution is 7.92. The molecule has 2 aromatic carbocycles. The highest BCUT2D eigenvalue weighted by Crippen LogP contribution is 2.25. The van der Waals surface area contributed by atoms with Gasteiger partial charge in [0.15, 0.2) is 5.76 Å². The van der Waals surface area contributed by atoms with Gasteiger partial charge >= 0.3 is 5.97 Å². The molecule has 1 aromatic heterocycles. The molecule has 0 aliphatic rings. The normalized spacial score (nSPS) is 11.1. The Morgan fingerprint density at radius 3 is 2.39 bits per heavy atom. The first kappa shape index (κ1) is 24.1. The van der Waals surface area contributed by atoms with Gasteiger partial charge < -0.3 is 14.5 Å². The molecule has 0 saturated carbocycles. The fraction of sp³-hybridized carbons (Fsp3) is 0.250. The minimum atomic E-state index is -3.72. The number of nitrogens with one attached hydrogen (secondary N) is 1. The Morgan fingerprint density at radius 2 is 1.76 bits per heavy atom. The first-order valence-corrected chi connectivity index (χ1v) is 11.8. The quantitative estimate of drug-likeness (QED) is 0.289. The number of amides is 1. The fourth-order valence-corrected chi connectivity index (χ4v) is 4.29. The molecule has 8 nitrogen and oxygen atoms in total. The van der Waals surface area contributed by atoms with Crippen molar-refractivity contribution in [1.82, 2.24) is 5.32 Å². The Labute approximate surface area is 193 Å². The van der Waals surface area contributed by atoms with Crippen molar-refractivity contribution in [2.45, 2.75) is 31.6 Å². The number of hydrogen-bond donors (Lipinski definition) is 1. The van der Waals surface area contributed by atoms with Crippen molar-refractivity contribution in [3.05, 3.63) is 77.7 Å². The summed E-state index contributed by atoms with van der Waals surface area (Å²) in [6, 6.07) is 14.4. The number of carbonyl (C=O) groups excluding carboxylic acids is 2. The molecule has 3 rings (SSSR count).